The summed E-state index contributed by atoms with van der Waals surface area (Å²) < 4.78 is 25.5. The van der Waals surface area contributed by atoms with Crippen molar-refractivity contribution in [1.29, 1.82) is 0 Å². The van der Waals surface area contributed by atoms with Crippen LogP contribution in [0.25, 0.3) is 0 Å². The van der Waals surface area contributed by atoms with Crippen molar-refractivity contribution in [3.05, 3.63) is 11.8 Å². The molecule has 7 heteroatoms. The number of unbranched alkanes of at least 4 members (excludes halogenated alkanes) is 1. The topological polar surface area (TPSA) is 101 Å². The van der Waals surface area contributed by atoms with Crippen LogP contribution in [0.3, 0.4) is 0 Å². The summed E-state index contributed by atoms with van der Waals surface area (Å²) in [5.41, 5.74) is 6.08. The van der Waals surface area contributed by atoms with E-state index in [1.165, 1.54) is 6.20 Å². The van der Waals surface area contributed by atoms with Gasteiger partial charge in [0, 0.05) is 12.1 Å². The van der Waals surface area contributed by atoms with Crippen LogP contribution >= 0.6 is 0 Å². The third-order valence-electron chi connectivity index (χ3n) is 1.96. The monoisotopic (exact) mass is 232 g/mol. The minimum absolute atomic E-state index is 0.118. The van der Waals surface area contributed by atoms with E-state index in [0.717, 1.165) is 6.42 Å². The molecule has 0 fully saturated rings. The molecular weight excluding hydrogens is 216 g/mol. The van der Waals surface area contributed by atoms with E-state index >= 15 is 0 Å². The average molecular weight is 232 g/mol. The van der Waals surface area contributed by atoms with Crippen LogP contribution in [0.1, 0.15) is 25.3 Å². The number of anilines is 1. The summed E-state index contributed by atoms with van der Waals surface area (Å²) in [6.45, 7) is 2.19. The lowest BCUT2D eigenvalue weighted by Crippen LogP contribution is -2.18. The molecule has 0 unspecified atom stereocenters. The Morgan fingerprint density at radius 1 is 1.60 bits per heavy atom. The Hall–Kier alpha value is -1.08. The van der Waals surface area contributed by atoms with Crippen LogP contribution < -0.4 is 10.5 Å². The van der Waals surface area contributed by atoms with Gasteiger partial charge in [0.2, 0.25) is 10.0 Å². The SMILES string of the molecule is CCCCS(=O)(=O)Nc1[nH]ncc1CN. The largest absolute Gasteiger partial charge is 0.326 e. The summed E-state index contributed by atoms with van der Waals surface area (Å²) in [4.78, 5) is 0. The molecule has 0 atom stereocenters. The molecule has 0 aliphatic heterocycles. The number of aromatic amines is 1. The van der Waals surface area contributed by atoms with E-state index in [-0.39, 0.29) is 12.3 Å². The smallest absolute Gasteiger partial charge is 0.233 e. The molecule has 0 bridgehead atoms. The number of nitrogens with zero attached hydrogens (tertiary/aromatic N) is 1. The molecule has 1 heterocycles. The van der Waals surface area contributed by atoms with E-state index in [0.29, 0.717) is 17.8 Å². The summed E-state index contributed by atoms with van der Waals surface area (Å²) in [6, 6.07) is 0. The molecule has 0 aromatic carbocycles. The van der Waals surface area contributed by atoms with Gasteiger partial charge >= 0.3 is 0 Å². The Labute approximate surface area is 89.3 Å². The van der Waals surface area contributed by atoms with E-state index in [1.807, 2.05) is 6.92 Å². The van der Waals surface area contributed by atoms with Crippen molar-refractivity contribution in [2.24, 2.45) is 5.73 Å². The predicted molar refractivity (Wildman–Crippen MR) is 58.8 cm³/mol. The first-order valence-corrected chi connectivity index (χ1v) is 6.47. The molecule has 0 amide bonds. The predicted octanol–water partition coefficient (Wildman–Crippen LogP) is 0.410. The van der Waals surface area contributed by atoms with Crippen LogP contribution in [0.4, 0.5) is 5.82 Å². The highest BCUT2D eigenvalue weighted by atomic mass is 32.2. The number of nitrogens with one attached hydrogen (secondary N) is 2. The second-order valence-corrected chi connectivity index (χ2v) is 5.09. The zero-order chi connectivity index (χ0) is 11.3. The fraction of sp³-hybridized carbons (Fsp3) is 0.625. The minimum Gasteiger partial charge on any atom is -0.326 e. The van der Waals surface area contributed by atoms with Crippen LogP contribution in [0.15, 0.2) is 6.20 Å². The van der Waals surface area contributed by atoms with Gasteiger partial charge in [-0.05, 0) is 6.42 Å². The van der Waals surface area contributed by atoms with Gasteiger partial charge in [0.25, 0.3) is 0 Å². The van der Waals surface area contributed by atoms with E-state index in [4.69, 9.17) is 5.73 Å². The van der Waals surface area contributed by atoms with Crippen molar-refractivity contribution >= 4 is 15.8 Å². The minimum atomic E-state index is -3.28. The lowest BCUT2D eigenvalue weighted by atomic mass is 10.3. The van der Waals surface area contributed by atoms with Crippen LogP contribution in [-0.2, 0) is 16.6 Å². The van der Waals surface area contributed by atoms with Crippen molar-refractivity contribution in [1.82, 2.24) is 10.2 Å². The number of hydrogen-bond donors (Lipinski definition) is 3. The molecule has 0 spiro atoms. The van der Waals surface area contributed by atoms with Crippen LogP contribution in [0.5, 0.6) is 0 Å². The summed E-state index contributed by atoms with van der Waals surface area (Å²) in [5, 5.41) is 6.29. The molecule has 6 nitrogen and oxygen atoms in total. The molecule has 4 N–H and O–H groups in total. The Morgan fingerprint density at radius 2 is 2.33 bits per heavy atom. The van der Waals surface area contributed by atoms with Crippen LogP contribution in [0.2, 0.25) is 0 Å². The highest BCUT2D eigenvalue weighted by molar-refractivity contribution is 7.92. The third kappa shape index (κ3) is 3.52. The maximum atomic E-state index is 11.5. The maximum absolute atomic E-state index is 11.5. The molecule has 1 rings (SSSR count). The second kappa shape index (κ2) is 5.13. The van der Waals surface area contributed by atoms with Crippen molar-refractivity contribution in [2.45, 2.75) is 26.3 Å². The van der Waals surface area contributed by atoms with Crippen molar-refractivity contribution in [3.8, 4) is 0 Å². The number of H-pyrrole nitrogens is 1. The summed E-state index contributed by atoms with van der Waals surface area (Å²) in [7, 11) is -3.28. The molecule has 15 heavy (non-hydrogen) atoms. The van der Waals surface area contributed by atoms with E-state index < -0.39 is 10.0 Å². The van der Waals surface area contributed by atoms with Gasteiger partial charge in [0.1, 0.15) is 5.82 Å². The lowest BCUT2D eigenvalue weighted by Gasteiger charge is -2.06. The average Bonchev–Trinajstić information content (AvgIpc) is 2.61. The molecule has 86 valence electrons. The standard InChI is InChI=1S/C8H16N4O2S/c1-2-3-4-15(13,14)12-8-7(5-9)6-10-11-8/h6H,2-5,9H2,1H3,(H2,10,11,12). The normalized spacial score (nSPS) is 11.6. The molecule has 0 radical (unpaired) electrons. The van der Waals surface area contributed by atoms with Crippen molar-refractivity contribution in [2.75, 3.05) is 10.5 Å². The van der Waals surface area contributed by atoms with Gasteiger partial charge in [-0.15, -0.1) is 0 Å². The van der Waals surface area contributed by atoms with Gasteiger partial charge in [-0.25, -0.2) is 8.42 Å². The number of aromatic nitrogens is 2. The first kappa shape index (κ1) is 12.0. The number of nitrogens with two attached hydrogens (primary N) is 1. The van der Waals surface area contributed by atoms with Crippen molar-refractivity contribution in [3.63, 3.8) is 0 Å². The number of rotatable bonds is 6. The number of hydrogen-bond acceptors (Lipinski definition) is 4. The fourth-order valence-corrected chi connectivity index (χ4v) is 2.35. The zero-order valence-corrected chi connectivity index (χ0v) is 9.47. The van der Waals surface area contributed by atoms with Gasteiger partial charge in [0.05, 0.1) is 11.9 Å². The van der Waals surface area contributed by atoms with Gasteiger partial charge in [-0.2, -0.15) is 5.10 Å². The first-order chi connectivity index (χ1) is 7.09. The van der Waals surface area contributed by atoms with Gasteiger partial charge in [-0.1, -0.05) is 13.3 Å². The van der Waals surface area contributed by atoms with Gasteiger partial charge < -0.3 is 5.73 Å². The lowest BCUT2D eigenvalue weighted by molar-refractivity contribution is 0.597. The molecule has 1 aromatic rings. The molecule has 0 saturated heterocycles. The van der Waals surface area contributed by atoms with Crippen LogP contribution in [-0.4, -0.2) is 24.4 Å². The third-order valence-corrected chi connectivity index (χ3v) is 3.30. The Morgan fingerprint density at radius 3 is 2.93 bits per heavy atom. The zero-order valence-electron chi connectivity index (χ0n) is 8.66. The van der Waals surface area contributed by atoms with Crippen molar-refractivity contribution < 1.29 is 8.42 Å². The number of sulfonamides is 1. The first-order valence-electron chi connectivity index (χ1n) is 4.82. The second-order valence-electron chi connectivity index (χ2n) is 3.25. The van der Waals surface area contributed by atoms with E-state index in [2.05, 4.69) is 14.9 Å². The van der Waals surface area contributed by atoms with Crippen LogP contribution in [0, 0.1) is 0 Å². The van der Waals surface area contributed by atoms with Gasteiger partial charge in [0.15, 0.2) is 0 Å². The molecule has 0 aliphatic carbocycles. The fourth-order valence-electron chi connectivity index (χ4n) is 1.10. The summed E-state index contributed by atoms with van der Waals surface area (Å²) in [6.07, 6.45) is 2.99. The van der Waals surface area contributed by atoms with E-state index in [1.54, 1.807) is 0 Å². The Bertz CT molecular complexity index is 399. The molecule has 0 aliphatic rings. The highest BCUT2D eigenvalue weighted by Crippen LogP contribution is 2.12. The van der Waals surface area contributed by atoms with Gasteiger partial charge in [-0.3, -0.25) is 9.82 Å². The highest BCUT2D eigenvalue weighted by Gasteiger charge is 2.12. The maximum Gasteiger partial charge on any atom is 0.233 e. The Balaban J connectivity index is 2.68. The van der Waals surface area contributed by atoms with E-state index in [9.17, 15) is 8.42 Å². The summed E-state index contributed by atoms with van der Waals surface area (Å²) in [5.74, 6) is 0.487. The molecular formula is C8H16N4O2S. The Kier molecular flexibility index (Phi) is 4.10. The quantitative estimate of drug-likeness (QED) is 0.661. The molecule has 0 saturated carbocycles. The summed E-state index contributed by atoms with van der Waals surface area (Å²) >= 11 is 0. The molecule has 1 aromatic heterocycles.